The summed E-state index contributed by atoms with van der Waals surface area (Å²) in [6, 6.07) is 23.6. The minimum Gasteiger partial charge on any atom is -0.508 e. The lowest BCUT2D eigenvalue weighted by Gasteiger charge is -2.31. The summed E-state index contributed by atoms with van der Waals surface area (Å²) in [6.45, 7) is 2.08. The molecule has 0 amide bonds. The van der Waals surface area contributed by atoms with Gasteiger partial charge in [-0.2, -0.15) is 0 Å². The fourth-order valence-electron chi connectivity index (χ4n) is 3.42. The molecule has 0 saturated carbocycles. The van der Waals surface area contributed by atoms with Crippen LogP contribution in [0.5, 0.6) is 5.75 Å². The zero-order valence-electron chi connectivity index (χ0n) is 15.1. The van der Waals surface area contributed by atoms with Crippen molar-refractivity contribution < 1.29 is 5.11 Å². The third kappa shape index (κ3) is 3.90. The quantitative estimate of drug-likeness (QED) is 0.627. The van der Waals surface area contributed by atoms with Crippen LogP contribution in [0.2, 0.25) is 5.02 Å². The van der Waals surface area contributed by atoms with Crippen molar-refractivity contribution in [3.63, 3.8) is 0 Å². The van der Waals surface area contributed by atoms with Gasteiger partial charge in [0, 0.05) is 28.8 Å². The molecule has 2 N–H and O–H groups in total. The summed E-state index contributed by atoms with van der Waals surface area (Å²) in [5.74, 6) is 0.301. The first-order chi connectivity index (χ1) is 13.1. The normalized spacial score (nSPS) is 19.6. The van der Waals surface area contributed by atoms with E-state index in [9.17, 15) is 5.11 Å². The largest absolute Gasteiger partial charge is 0.508 e. The summed E-state index contributed by atoms with van der Waals surface area (Å²) in [5, 5.41) is 14.6. The Morgan fingerprint density at radius 2 is 1.67 bits per heavy atom. The molecule has 27 heavy (non-hydrogen) atoms. The minimum absolute atomic E-state index is 0.0271. The lowest BCUT2D eigenvalue weighted by Crippen LogP contribution is -2.33. The summed E-state index contributed by atoms with van der Waals surface area (Å²) >= 11 is 6.05. The molecule has 3 nitrogen and oxygen atoms in total. The van der Waals surface area contributed by atoms with E-state index in [1.807, 2.05) is 42.5 Å². The second kappa shape index (κ2) is 7.55. The van der Waals surface area contributed by atoms with Crippen molar-refractivity contribution in [2.45, 2.75) is 25.6 Å². The van der Waals surface area contributed by atoms with Crippen LogP contribution in [0, 0.1) is 6.92 Å². The van der Waals surface area contributed by atoms with Gasteiger partial charge in [0.15, 0.2) is 0 Å². The molecule has 0 spiro atoms. The number of para-hydroxylation sites is 1. The number of aliphatic imine (C=N–C) groups is 1. The predicted molar refractivity (Wildman–Crippen MR) is 111 cm³/mol. The van der Waals surface area contributed by atoms with Crippen molar-refractivity contribution in [1.82, 2.24) is 5.32 Å². The molecule has 4 heteroatoms. The highest BCUT2D eigenvalue weighted by Gasteiger charge is 2.27. The smallest absolute Gasteiger partial charge is 0.126 e. The molecule has 0 aliphatic carbocycles. The average molecular weight is 377 g/mol. The monoisotopic (exact) mass is 376 g/mol. The van der Waals surface area contributed by atoms with Gasteiger partial charge in [0.2, 0.25) is 0 Å². The number of hydrogen-bond donors (Lipinski definition) is 2. The average Bonchev–Trinajstić information content (AvgIpc) is 2.69. The molecule has 0 unspecified atom stereocenters. The van der Waals surface area contributed by atoms with Crippen LogP contribution >= 0.6 is 11.6 Å². The lowest BCUT2D eigenvalue weighted by molar-refractivity contribution is 0.413. The van der Waals surface area contributed by atoms with Crippen molar-refractivity contribution in [2.75, 3.05) is 0 Å². The van der Waals surface area contributed by atoms with E-state index in [0.717, 1.165) is 22.4 Å². The fourth-order valence-corrected chi connectivity index (χ4v) is 3.55. The summed E-state index contributed by atoms with van der Waals surface area (Å²) in [7, 11) is 0. The zero-order chi connectivity index (χ0) is 18.8. The number of phenols is 1. The van der Waals surface area contributed by atoms with E-state index in [1.54, 1.807) is 6.07 Å². The molecule has 4 rings (SSSR count). The van der Waals surface area contributed by atoms with Crippen molar-refractivity contribution in [1.29, 1.82) is 0 Å². The van der Waals surface area contributed by atoms with Gasteiger partial charge in [-0.15, -0.1) is 0 Å². The maximum Gasteiger partial charge on any atom is 0.126 e. The Labute approximate surface area is 164 Å². The molecule has 2 atom stereocenters. The molecule has 3 aromatic carbocycles. The first-order valence-electron chi connectivity index (χ1n) is 9.03. The Balaban J connectivity index is 1.75. The maximum absolute atomic E-state index is 10.4. The summed E-state index contributed by atoms with van der Waals surface area (Å²) in [4.78, 5) is 4.97. The molecule has 1 aliphatic heterocycles. The van der Waals surface area contributed by atoms with Gasteiger partial charge in [-0.25, -0.2) is 0 Å². The van der Waals surface area contributed by atoms with Gasteiger partial charge in [-0.1, -0.05) is 71.8 Å². The minimum atomic E-state index is -0.197. The van der Waals surface area contributed by atoms with E-state index in [2.05, 4.69) is 36.5 Å². The molecule has 0 bridgehead atoms. The molecule has 1 aliphatic rings. The number of halogens is 1. The highest BCUT2D eigenvalue weighted by atomic mass is 35.5. The molecule has 3 aromatic rings. The number of aryl methyl sites for hydroxylation is 1. The highest BCUT2D eigenvalue weighted by Crippen LogP contribution is 2.34. The molecule has 0 aromatic heterocycles. The SMILES string of the molecule is Cc1ccc(C2=N[C@H](c3ccc(Cl)cc3)N[C@H](c3ccccc3O)C2)cc1. The second-order valence-corrected chi connectivity index (χ2v) is 7.31. The fraction of sp³-hybridized carbons (Fsp3) is 0.174. The van der Waals surface area contributed by atoms with E-state index in [-0.39, 0.29) is 12.2 Å². The Bertz CT molecular complexity index is 964. The van der Waals surface area contributed by atoms with Crippen LogP contribution in [-0.2, 0) is 0 Å². The van der Waals surface area contributed by atoms with Crippen LogP contribution in [0.1, 0.15) is 40.9 Å². The number of benzene rings is 3. The van der Waals surface area contributed by atoms with Crippen molar-refractivity contribution in [2.24, 2.45) is 4.99 Å². The van der Waals surface area contributed by atoms with Gasteiger partial charge in [0.1, 0.15) is 11.9 Å². The Morgan fingerprint density at radius 1 is 0.963 bits per heavy atom. The second-order valence-electron chi connectivity index (χ2n) is 6.88. The van der Waals surface area contributed by atoms with Crippen LogP contribution < -0.4 is 5.32 Å². The van der Waals surface area contributed by atoms with Gasteiger partial charge in [-0.3, -0.25) is 10.3 Å². The summed E-state index contributed by atoms with van der Waals surface area (Å²) in [6.07, 6.45) is 0.516. The summed E-state index contributed by atoms with van der Waals surface area (Å²) in [5.41, 5.74) is 5.29. The lowest BCUT2D eigenvalue weighted by atomic mass is 9.93. The standard InChI is InChI=1S/C23H21ClN2O/c1-15-6-8-16(9-7-15)20-14-21(19-4-2-3-5-22(19)27)26-23(25-20)17-10-12-18(24)13-11-17/h2-13,21,23,26-27H,14H2,1H3/t21-,23-/m0/s1. The number of rotatable bonds is 3. The van der Waals surface area contributed by atoms with E-state index in [0.29, 0.717) is 17.2 Å². The van der Waals surface area contributed by atoms with Crippen LogP contribution in [0.15, 0.2) is 77.8 Å². The number of phenolic OH excluding ortho intramolecular Hbond substituents is 1. The molecule has 136 valence electrons. The van der Waals surface area contributed by atoms with Gasteiger partial charge < -0.3 is 5.11 Å². The van der Waals surface area contributed by atoms with Gasteiger partial charge in [-0.05, 0) is 36.2 Å². The Morgan fingerprint density at radius 3 is 2.37 bits per heavy atom. The van der Waals surface area contributed by atoms with E-state index in [1.165, 1.54) is 5.56 Å². The molecular formula is C23H21ClN2O. The van der Waals surface area contributed by atoms with E-state index < -0.39 is 0 Å². The molecule has 0 saturated heterocycles. The van der Waals surface area contributed by atoms with Crippen LogP contribution in [0.25, 0.3) is 0 Å². The predicted octanol–water partition coefficient (Wildman–Crippen LogP) is 5.58. The van der Waals surface area contributed by atoms with Crippen LogP contribution in [-0.4, -0.2) is 10.8 Å². The van der Waals surface area contributed by atoms with Gasteiger partial charge in [0.05, 0.1) is 0 Å². The molecule has 1 heterocycles. The van der Waals surface area contributed by atoms with Crippen molar-refractivity contribution >= 4 is 17.3 Å². The van der Waals surface area contributed by atoms with Gasteiger partial charge in [0.25, 0.3) is 0 Å². The summed E-state index contributed by atoms with van der Waals surface area (Å²) < 4.78 is 0. The van der Waals surface area contributed by atoms with Crippen LogP contribution in [0.3, 0.4) is 0 Å². The van der Waals surface area contributed by atoms with Crippen molar-refractivity contribution in [3.05, 3.63) is 100 Å². The topological polar surface area (TPSA) is 44.6 Å². The number of nitrogens with one attached hydrogen (secondary N) is 1. The maximum atomic E-state index is 10.4. The Hall–Kier alpha value is -2.62. The third-order valence-electron chi connectivity index (χ3n) is 4.92. The molecule has 0 fully saturated rings. The van der Waals surface area contributed by atoms with Crippen molar-refractivity contribution in [3.8, 4) is 5.75 Å². The third-order valence-corrected chi connectivity index (χ3v) is 5.18. The number of hydrogen-bond acceptors (Lipinski definition) is 3. The highest BCUT2D eigenvalue weighted by molar-refractivity contribution is 6.30. The Kier molecular flexibility index (Phi) is 4.97. The van der Waals surface area contributed by atoms with Gasteiger partial charge >= 0.3 is 0 Å². The zero-order valence-corrected chi connectivity index (χ0v) is 15.8. The van der Waals surface area contributed by atoms with E-state index in [4.69, 9.17) is 16.6 Å². The first kappa shape index (κ1) is 17.8. The molecule has 0 radical (unpaired) electrons. The number of nitrogens with zero attached hydrogens (tertiary/aromatic N) is 1. The molecular weight excluding hydrogens is 356 g/mol. The first-order valence-corrected chi connectivity index (χ1v) is 9.41. The van der Waals surface area contributed by atoms with E-state index >= 15 is 0 Å². The number of aromatic hydroxyl groups is 1. The van der Waals surface area contributed by atoms with Crippen LogP contribution in [0.4, 0.5) is 0 Å².